The Kier molecular flexibility index (Phi) is 7.45. The predicted octanol–water partition coefficient (Wildman–Crippen LogP) is 3.14. The van der Waals surface area contributed by atoms with Crippen molar-refractivity contribution in [3.63, 3.8) is 0 Å². The van der Waals surface area contributed by atoms with Crippen LogP contribution in [0.5, 0.6) is 0 Å². The van der Waals surface area contributed by atoms with E-state index in [4.69, 9.17) is 4.74 Å². The number of amides is 1. The minimum Gasteiger partial charge on any atom is -0.444 e. The van der Waals surface area contributed by atoms with Gasteiger partial charge in [-0.25, -0.2) is 9.18 Å². The molecular formula is C20H31FN4O2. The average molecular weight is 378 g/mol. The van der Waals surface area contributed by atoms with E-state index in [1.165, 1.54) is 12.1 Å². The number of ether oxygens (including phenoxy) is 1. The molecule has 0 spiro atoms. The Morgan fingerprint density at radius 3 is 2.41 bits per heavy atom. The molecular weight excluding hydrogens is 347 g/mol. The van der Waals surface area contributed by atoms with Gasteiger partial charge in [0.1, 0.15) is 11.4 Å². The molecule has 1 aromatic rings. The maximum atomic E-state index is 12.9. The number of hydrogen-bond donors (Lipinski definition) is 2. The first-order valence-electron chi connectivity index (χ1n) is 9.44. The Morgan fingerprint density at radius 2 is 1.85 bits per heavy atom. The molecule has 0 unspecified atom stereocenters. The Balaban J connectivity index is 1.70. The Bertz CT molecular complexity index is 632. The van der Waals surface area contributed by atoms with Crippen LogP contribution in [-0.4, -0.2) is 49.2 Å². The minimum absolute atomic E-state index is 0.231. The maximum Gasteiger partial charge on any atom is 0.410 e. The normalized spacial score (nSPS) is 16.2. The van der Waals surface area contributed by atoms with Crippen LogP contribution in [0.15, 0.2) is 29.3 Å². The van der Waals surface area contributed by atoms with Crippen LogP contribution in [0.1, 0.15) is 39.2 Å². The van der Waals surface area contributed by atoms with Gasteiger partial charge in [-0.15, -0.1) is 0 Å². The molecule has 0 bridgehead atoms. The second-order valence-electron chi connectivity index (χ2n) is 7.84. The van der Waals surface area contributed by atoms with Crippen LogP contribution in [0.2, 0.25) is 0 Å². The summed E-state index contributed by atoms with van der Waals surface area (Å²) in [5.74, 6) is 0.959. The summed E-state index contributed by atoms with van der Waals surface area (Å²) in [7, 11) is 1.73. The number of benzene rings is 1. The Morgan fingerprint density at radius 1 is 1.22 bits per heavy atom. The van der Waals surface area contributed by atoms with Gasteiger partial charge in [-0.1, -0.05) is 12.1 Å². The summed E-state index contributed by atoms with van der Waals surface area (Å²) >= 11 is 0. The van der Waals surface area contributed by atoms with Crippen molar-refractivity contribution in [2.45, 2.75) is 45.8 Å². The third-order valence-corrected chi connectivity index (χ3v) is 4.42. The molecule has 1 fully saturated rings. The average Bonchev–Trinajstić information content (AvgIpc) is 2.62. The van der Waals surface area contributed by atoms with Crippen LogP contribution in [0.25, 0.3) is 0 Å². The molecule has 1 aliphatic heterocycles. The fraction of sp³-hybridized carbons (Fsp3) is 0.600. The van der Waals surface area contributed by atoms with E-state index in [1.54, 1.807) is 24.1 Å². The molecule has 2 rings (SSSR count). The van der Waals surface area contributed by atoms with Gasteiger partial charge in [-0.05, 0) is 57.2 Å². The number of piperidine rings is 1. The van der Waals surface area contributed by atoms with E-state index in [9.17, 15) is 9.18 Å². The lowest BCUT2D eigenvalue weighted by atomic mass is 9.97. The van der Waals surface area contributed by atoms with Crippen LogP contribution in [-0.2, 0) is 11.3 Å². The van der Waals surface area contributed by atoms with Crippen LogP contribution in [0.4, 0.5) is 9.18 Å². The van der Waals surface area contributed by atoms with Gasteiger partial charge in [-0.2, -0.15) is 0 Å². The number of guanidine groups is 1. The SMILES string of the molecule is CN=C(NCc1ccc(F)cc1)NCC1CCN(C(=O)OC(C)(C)C)CC1. The van der Waals surface area contributed by atoms with Gasteiger partial charge in [0.25, 0.3) is 0 Å². The number of halogens is 1. The Labute approximate surface area is 161 Å². The molecule has 0 aliphatic carbocycles. The van der Waals surface area contributed by atoms with E-state index in [0.717, 1.165) is 24.9 Å². The lowest BCUT2D eigenvalue weighted by Crippen LogP contribution is -2.45. The predicted molar refractivity (Wildman–Crippen MR) is 105 cm³/mol. The zero-order valence-electron chi connectivity index (χ0n) is 16.7. The zero-order valence-corrected chi connectivity index (χ0v) is 16.7. The maximum absolute atomic E-state index is 12.9. The number of carbonyl (C=O) groups excluding carboxylic acids is 1. The number of nitrogens with one attached hydrogen (secondary N) is 2. The van der Waals surface area contributed by atoms with Gasteiger partial charge in [0.05, 0.1) is 0 Å². The molecule has 0 atom stereocenters. The molecule has 1 aliphatic rings. The molecule has 1 aromatic carbocycles. The van der Waals surface area contributed by atoms with E-state index < -0.39 is 5.60 Å². The molecule has 0 aromatic heterocycles. The van der Waals surface area contributed by atoms with E-state index in [2.05, 4.69) is 15.6 Å². The van der Waals surface area contributed by atoms with Crippen molar-refractivity contribution in [1.82, 2.24) is 15.5 Å². The minimum atomic E-state index is -0.460. The number of nitrogens with zero attached hydrogens (tertiary/aromatic N) is 2. The molecule has 7 heteroatoms. The molecule has 1 amide bonds. The molecule has 0 saturated carbocycles. The summed E-state index contributed by atoms with van der Waals surface area (Å²) in [6, 6.07) is 6.40. The second-order valence-corrected chi connectivity index (χ2v) is 7.84. The molecule has 1 saturated heterocycles. The largest absolute Gasteiger partial charge is 0.444 e. The first kappa shape index (κ1) is 21.0. The number of aliphatic imine (C=N–C) groups is 1. The lowest BCUT2D eigenvalue weighted by molar-refractivity contribution is 0.0185. The summed E-state index contributed by atoms with van der Waals surface area (Å²) in [5, 5.41) is 6.56. The molecule has 0 radical (unpaired) electrons. The fourth-order valence-electron chi connectivity index (χ4n) is 2.90. The number of likely N-dealkylation sites (tertiary alicyclic amines) is 1. The Hall–Kier alpha value is -2.31. The van der Waals surface area contributed by atoms with Gasteiger partial charge >= 0.3 is 6.09 Å². The van der Waals surface area contributed by atoms with Crippen molar-refractivity contribution in [2.75, 3.05) is 26.7 Å². The number of rotatable bonds is 4. The third-order valence-electron chi connectivity index (χ3n) is 4.42. The highest BCUT2D eigenvalue weighted by Crippen LogP contribution is 2.19. The highest BCUT2D eigenvalue weighted by atomic mass is 19.1. The highest BCUT2D eigenvalue weighted by Gasteiger charge is 2.26. The topological polar surface area (TPSA) is 66.0 Å². The quantitative estimate of drug-likeness (QED) is 0.624. The van der Waals surface area contributed by atoms with E-state index in [-0.39, 0.29) is 11.9 Å². The summed E-state index contributed by atoms with van der Waals surface area (Å²) in [6.07, 6.45) is 1.63. The summed E-state index contributed by atoms with van der Waals surface area (Å²) in [4.78, 5) is 18.1. The zero-order chi connectivity index (χ0) is 19.9. The van der Waals surface area contributed by atoms with Crippen molar-refractivity contribution in [3.05, 3.63) is 35.6 Å². The first-order valence-corrected chi connectivity index (χ1v) is 9.44. The number of carbonyl (C=O) groups is 1. The van der Waals surface area contributed by atoms with Crippen LogP contribution in [0, 0.1) is 11.7 Å². The van der Waals surface area contributed by atoms with Crippen molar-refractivity contribution < 1.29 is 13.9 Å². The van der Waals surface area contributed by atoms with Crippen molar-refractivity contribution in [2.24, 2.45) is 10.9 Å². The smallest absolute Gasteiger partial charge is 0.410 e. The summed E-state index contributed by atoms with van der Waals surface area (Å²) in [5.41, 5.74) is 0.531. The van der Waals surface area contributed by atoms with Crippen LogP contribution >= 0.6 is 0 Å². The van der Waals surface area contributed by atoms with Crippen molar-refractivity contribution in [1.29, 1.82) is 0 Å². The van der Waals surface area contributed by atoms with Gasteiger partial charge in [-0.3, -0.25) is 4.99 Å². The molecule has 2 N–H and O–H groups in total. The first-order chi connectivity index (χ1) is 12.8. The molecule has 27 heavy (non-hydrogen) atoms. The highest BCUT2D eigenvalue weighted by molar-refractivity contribution is 5.79. The van der Waals surface area contributed by atoms with Crippen LogP contribution in [0.3, 0.4) is 0 Å². The molecule has 6 nitrogen and oxygen atoms in total. The van der Waals surface area contributed by atoms with E-state index in [1.807, 2.05) is 20.8 Å². The third kappa shape index (κ3) is 7.45. The van der Waals surface area contributed by atoms with E-state index in [0.29, 0.717) is 31.5 Å². The van der Waals surface area contributed by atoms with Crippen molar-refractivity contribution in [3.8, 4) is 0 Å². The van der Waals surface area contributed by atoms with Gasteiger partial charge < -0.3 is 20.3 Å². The lowest BCUT2D eigenvalue weighted by Gasteiger charge is -2.33. The second kappa shape index (κ2) is 9.58. The molecule has 150 valence electrons. The summed E-state index contributed by atoms with van der Waals surface area (Å²) in [6.45, 7) is 8.44. The van der Waals surface area contributed by atoms with Gasteiger partial charge in [0.15, 0.2) is 5.96 Å². The van der Waals surface area contributed by atoms with Crippen molar-refractivity contribution >= 4 is 12.1 Å². The monoisotopic (exact) mass is 378 g/mol. The standard InChI is InChI=1S/C20H31FN4O2/c1-20(2,3)27-19(26)25-11-9-16(10-12-25)14-24-18(22-4)23-13-15-5-7-17(21)8-6-15/h5-8,16H,9-14H2,1-4H3,(H2,22,23,24). The van der Waals surface area contributed by atoms with Gasteiger partial charge in [0, 0.05) is 33.2 Å². The fourth-order valence-corrected chi connectivity index (χ4v) is 2.90. The van der Waals surface area contributed by atoms with Gasteiger partial charge in [0.2, 0.25) is 0 Å². The molecule has 1 heterocycles. The van der Waals surface area contributed by atoms with E-state index >= 15 is 0 Å². The van der Waals surface area contributed by atoms with Crippen LogP contribution < -0.4 is 10.6 Å². The summed E-state index contributed by atoms with van der Waals surface area (Å²) < 4.78 is 18.4. The number of hydrogen-bond acceptors (Lipinski definition) is 3.